The van der Waals surface area contributed by atoms with Crippen molar-refractivity contribution in [2.45, 2.75) is 13.0 Å². The van der Waals surface area contributed by atoms with Crippen molar-refractivity contribution in [3.63, 3.8) is 0 Å². The Balaban J connectivity index is 2.73. The van der Waals surface area contributed by atoms with Crippen molar-refractivity contribution < 1.29 is 32.8 Å². The average molecular weight is 335 g/mol. The maximum Gasteiger partial charge on any atom is 0.529 e. The number of rotatable bonds is 5. The molecule has 0 aromatic heterocycles. The van der Waals surface area contributed by atoms with Gasteiger partial charge in [0.2, 0.25) is 0 Å². The third-order valence-electron chi connectivity index (χ3n) is 2.47. The van der Waals surface area contributed by atoms with E-state index in [9.17, 15) is 9.36 Å². The van der Waals surface area contributed by atoms with E-state index < -0.39 is 25.3 Å². The predicted octanol–water partition coefficient (Wildman–Crippen LogP) is 2.54. The van der Waals surface area contributed by atoms with Gasteiger partial charge in [-0.25, -0.2) is 9.36 Å². The van der Waals surface area contributed by atoms with Crippen LogP contribution in [0.2, 0.25) is 0 Å². The summed E-state index contributed by atoms with van der Waals surface area (Å²) in [4.78, 5) is 11.0. The first-order chi connectivity index (χ1) is 8.72. The minimum atomic E-state index is -3.82. The molecule has 0 aromatic rings. The molecule has 0 radical (unpaired) electrons. The van der Waals surface area contributed by atoms with Gasteiger partial charge in [0.15, 0.2) is 6.10 Å². The largest absolute Gasteiger partial charge is 0.529 e. The fourth-order valence-electron chi connectivity index (χ4n) is 1.53. The molecule has 10 heteroatoms. The van der Waals surface area contributed by atoms with Crippen molar-refractivity contribution in [2.24, 2.45) is 5.41 Å². The van der Waals surface area contributed by atoms with Gasteiger partial charge < -0.3 is 14.4 Å². The molecule has 1 saturated heterocycles. The summed E-state index contributed by atoms with van der Waals surface area (Å²) in [6.07, 6.45) is -0.342. The summed E-state index contributed by atoms with van der Waals surface area (Å²) >= 11 is 10.6. The van der Waals surface area contributed by atoms with Crippen LogP contribution in [0.3, 0.4) is 0 Å². The predicted molar refractivity (Wildman–Crippen MR) is 66.9 cm³/mol. The summed E-state index contributed by atoms with van der Waals surface area (Å²) in [6, 6.07) is 0. The Morgan fingerprint density at radius 2 is 2.00 bits per heavy atom. The van der Waals surface area contributed by atoms with E-state index in [4.69, 9.17) is 46.6 Å². The Labute approximate surface area is 120 Å². The van der Waals surface area contributed by atoms with Crippen LogP contribution in [0.15, 0.2) is 10.8 Å². The number of ether oxygens (including phenoxy) is 1. The van der Waals surface area contributed by atoms with Crippen molar-refractivity contribution in [2.75, 3.05) is 20.3 Å². The highest BCUT2D eigenvalue weighted by atomic mass is 35.5. The van der Waals surface area contributed by atoms with Crippen LogP contribution in [0, 0.1) is 5.41 Å². The molecule has 0 aromatic carbocycles. The van der Waals surface area contributed by atoms with E-state index in [-0.39, 0.29) is 17.7 Å². The third-order valence-corrected chi connectivity index (χ3v) is 3.90. The molecule has 1 aliphatic rings. The number of aliphatic carboxylic acids is 1. The van der Waals surface area contributed by atoms with Gasteiger partial charge in [0.1, 0.15) is 10.8 Å². The molecule has 1 N–H and O–H groups in total. The molecule has 7 nitrogen and oxygen atoms in total. The number of hydrogen-bond acceptors (Lipinski definition) is 6. The maximum atomic E-state index is 11.9. The van der Waals surface area contributed by atoms with Gasteiger partial charge in [-0.05, 0) is 0 Å². The SMILES string of the molecule is COC(C(=O)O)C1(C)COP(=O)(OC=C(Cl)Cl)OC1. The van der Waals surface area contributed by atoms with Crippen molar-refractivity contribution in [1.29, 1.82) is 0 Å². The summed E-state index contributed by atoms with van der Waals surface area (Å²) in [5, 5.41) is 9.02. The van der Waals surface area contributed by atoms with Crippen molar-refractivity contribution >= 4 is 37.0 Å². The number of carboxylic acid groups (broad SMARTS) is 1. The molecule has 1 fully saturated rings. The molecule has 0 bridgehead atoms. The molecule has 1 heterocycles. The third kappa shape index (κ3) is 4.34. The van der Waals surface area contributed by atoms with Crippen LogP contribution in [0.5, 0.6) is 0 Å². The van der Waals surface area contributed by atoms with E-state index in [1.54, 1.807) is 6.92 Å². The maximum absolute atomic E-state index is 11.9. The highest BCUT2D eigenvalue weighted by Crippen LogP contribution is 2.55. The highest BCUT2D eigenvalue weighted by molar-refractivity contribution is 7.48. The van der Waals surface area contributed by atoms with Crippen LogP contribution < -0.4 is 0 Å². The van der Waals surface area contributed by atoms with E-state index in [0.717, 1.165) is 6.26 Å². The summed E-state index contributed by atoms with van der Waals surface area (Å²) in [6.45, 7) is 1.22. The van der Waals surface area contributed by atoms with E-state index in [1.165, 1.54) is 7.11 Å². The first kappa shape index (κ1) is 16.8. The van der Waals surface area contributed by atoms with E-state index in [1.807, 2.05) is 0 Å². The summed E-state index contributed by atoms with van der Waals surface area (Å²) in [5.74, 6) is -1.17. The number of methoxy groups -OCH3 is 1. The lowest BCUT2D eigenvalue weighted by Gasteiger charge is -2.38. The van der Waals surface area contributed by atoms with Gasteiger partial charge in [-0.1, -0.05) is 30.1 Å². The van der Waals surface area contributed by atoms with Crippen LogP contribution in [-0.2, 0) is 27.7 Å². The number of phosphoric acid groups is 1. The molecular weight excluding hydrogens is 322 g/mol. The molecule has 1 aliphatic heterocycles. The lowest BCUT2D eigenvalue weighted by molar-refractivity contribution is -0.164. The molecule has 1 rings (SSSR count). The molecule has 19 heavy (non-hydrogen) atoms. The molecule has 1 atom stereocenters. The summed E-state index contributed by atoms with van der Waals surface area (Å²) in [7, 11) is -2.57. The molecule has 0 amide bonds. The number of carbonyl (C=O) groups is 1. The lowest BCUT2D eigenvalue weighted by atomic mass is 9.86. The fraction of sp³-hybridized carbons (Fsp3) is 0.667. The second-order valence-corrected chi connectivity index (χ2v) is 6.74. The van der Waals surface area contributed by atoms with Crippen LogP contribution in [0.25, 0.3) is 0 Å². The quantitative estimate of drug-likeness (QED) is 0.610. The second kappa shape index (κ2) is 6.43. The average Bonchev–Trinajstić information content (AvgIpc) is 2.32. The van der Waals surface area contributed by atoms with E-state index >= 15 is 0 Å². The number of phosphoric ester groups is 1. The van der Waals surface area contributed by atoms with Gasteiger partial charge in [0, 0.05) is 7.11 Å². The van der Waals surface area contributed by atoms with Gasteiger partial charge in [0.25, 0.3) is 0 Å². The Morgan fingerprint density at radius 3 is 2.37 bits per heavy atom. The zero-order valence-corrected chi connectivity index (χ0v) is 12.6. The molecule has 110 valence electrons. The fourth-order valence-corrected chi connectivity index (χ4v) is 3.08. The normalized spacial score (nSPS) is 32.4. The smallest absolute Gasteiger partial charge is 0.479 e. The van der Waals surface area contributed by atoms with Crippen LogP contribution in [-0.4, -0.2) is 37.5 Å². The van der Waals surface area contributed by atoms with Gasteiger partial charge in [0.05, 0.1) is 18.6 Å². The summed E-state index contributed by atoms with van der Waals surface area (Å²) in [5.41, 5.74) is -0.994. The Hall–Kier alpha value is -0.300. The standard InChI is InChI=1S/C9H13Cl2O7P/c1-9(7(15-2)8(12)13)4-17-19(14,18-5-9)16-3-6(10)11/h3,7H,4-5H2,1-2H3,(H,12,13). The van der Waals surface area contributed by atoms with Crippen molar-refractivity contribution in [3.8, 4) is 0 Å². The van der Waals surface area contributed by atoms with Crippen LogP contribution in [0.1, 0.15) is 6.92 Å². The first-order valence-electron chi connectivity index (χ1n) is 5.07. The second-order valence-electron chi connectivity index (χ2n) is 4.12. The van der Waals surface area contributed by atoms with Gasteiger partial charge >= 0.3 is 13.8 Å². The minimum Gasteiger partial charge on any atom is -0.479 e. The highest BCUT2D eigenvalue weighted by Gasteiger charge is 2.48. The monoisotopic (exact) mass is 334 g/mol. The Morgan fingerprint density at radius 1 is 1.47 bits per heavy atom. The topological polar surface area (TPSA) is 91.3 Å². The molecule has 0 saturated carbocycles. The minimum absolute atomic E-state index is 0.178. The zero-order chi connectivity index (χ0) is 14.7. The summed E-state index contributed by atoms with van der Waals surface area (Å²) < 4.78 is 31.1. The van der Waals surface area contributed by atoms with Gasteiger partial charge in [-0.3, -0.25) is 9.05 Å². The molecule has 0 aliphatic carbocycles. The van der Waals surface area contributed by atoms with Crippen molar-refractivity contribution in [1.82, 2.24) is 0 Å². The van der Waals surface area contributed by atoms with Crippen molar-refractivity contribution in [3.05, 3.63) is 10.8 Å². The number of halogens is 2. The van der Waals surface area contributed by atoms with Crippen LogP contribution in [0.4, 0.5) is 0 Å². The lowest BCUT2D eigenvalue weighted by Crippen LogP contribution is -2.48. The van der Waals surface area contributed by atoms with Gasteiger partial charge in [-0.15, -0.1) is 0 Å². The number of hydrogen-bond donors (Lipinski definition) is 1. The zero-order valence-electron chi connectivity index (χ0n) is 10.2. The molecule has 0 spiro atoms. The molecule has 1 unspecified atom stereocenters. The Kier molecular flexibility index (Phi) is 5.67. The number of carboxylic acids is 1. The molecular formula is C9H13Cl2O7P. The van der Waals surface area contributed by atoms with Crippen LogP contribution >= 0.6 is 31.0 Å². The van der Waals surface area contributed by atoms with E-state index in [0.29, 0.717) is 0 Å². The van der Waals surface area contributed by atoms with E-state index in [2.05, 4.69) is 0 Å². The Bertz CT molecular complexity index is 409. The first-order valence-corrected chi connectivity index (χ1v) is 7.28. The van der Waals surface area contributed by atoms with Gasteiger partial charge in [-0.2, -0.15) is 0 Å².